The van der Waals surface area contributed by atoms with E-state index in [1.807, 2.05) is 30.3 Å². The smallest absolute Gasteiger partial charge is 0.260 e. The van der Waals surface area contributed by atoms with E-state index in [9.17, 15) is 9.59 Å². The van der Waals surface area contributed by atoms with Gasteiger partial charge in [0.2, 0.25) is 0 Å². The van der Waals surface area contributed by atoms with Gasteiger partial charge >= 0.3 is 0 Å². The Balaban J connectivity index is 1.00. The van der Waals surface area contributed by atoms with E-state index in [1.54, 1.807) is 11.8 Å². The second-order valence-corrected chi connectivity index (χ2v) is 15.0. The summed E-state index contributed by atoms with van der Waals surface area (Å²) in [5.41, 5.74) is 9.32. The van der Waals surface area contributed by atoms with Crippen molar-refractivity contribution in [2.24, 2.45) is 0 Å². The number of amides is 2. The number of thioether (sulfide) groups is 1. The van der Waals surface area contributed by atoms with Crippen molar-refractivity contribution in [2.75, 3.05) is 44.2 Å². The van der Waals surface area contributed by atoms with E-state index in [4.69, 9.17) is 0 Å². The van der Waals surface area contributed by atoms with Crippen LogP contribution in [0.4, 0.5) is 5.69 Å². The molecular weight excluding hydrogens is 601 g/mol. The summed E-state index contributed by atoms with van der Waals surface area (Å²) in [6, 6.07) is 21.2. The van der Waals surface area contributed by atoms with Gasteiger partial charge in [0.15, 0.2) is 0 Å². The number of piperazine rings is 1. The van der Waals surface area contributed by atoms with E-state index in [0.717, 1.165) is 62.5 Å². The van der Waals surface area contributed by atoms with Crippen LogP contribution < -0.4 is 10.2 Å². The van der Waals surface area contributed by atoms with Crippen LogP contribution >= 0.6 is 11.8 Å². The number of aryl methyl sites for hydroxylation is 4. The Labute approximate surface area is 285 Å². The van der Waals surface area contributed by atoms with Gasteiger partial charge in [-0.1, -0.05) is 60.9 Å². The number of hydrogen-bond donors (Lipinski definition) is 1. The van der Waals surface area contributed by atoms with Crippen LogP contribution in [0.1, 0.15) is 75.8 Å². The van der Waals surface area contributed by atoms with Crippen molar-refractivity contribution in [3.05, 3.63) is 105 Å². The maximum Gasteiger partial charge on any atom is 0.260 e. The fraction of sp³-hybridized carbons (Fsp3) is 0.450. The fourth-order valence-electron chi connectivity index (χ4n) is 7.28. The molecule has 6 rings (SSSR count). The Kier molecular flexibility index (Phi) is 10.7. The van der Waals surface area contributed by atoms with Crippen molar-refractivity contribution in [2.45, 2.75) is 77.6 Å². The van der Waals surface area contributed by atoms with E-state index in [1.165, 1.54) is 46.3 Å². The molecule has 248 valence electrons. The maximum absolute atomic E-state index is 13.9. The van der Waals surface area contributed by atoms with Gasteiger partial charge in [-0.15, -0.1) is 11.8 Å². The number of nitrogens with zero attached hydrogens (tertiary/aromatic N) is 3. The summed E-state index contributed by atoms with van der Waals surface area (Å²) in [7, 11) is 0. The maximum atomic E-state index is 13.9. The molecule has 0 radical (unpaired) electrons. The van der Waals surface area contributed by atoms with Gasteiger partial charge in [0, 0.05) is 61.8 Å². The van der Waals surface area contributed by atoms with Crippen LogP contribution in [0, 0.1) is 27.7 Å². The topological polar surface area (TPSA) is 55.9 Å². The van der Waals surface area contributed by atoms with Crippen molar-refractivity contribution < 1.29 is 9.59 Å². The van der Waals surface area contributed by atoms with E-state index >= 15 is 0 Å². The van der Waals surface area contributed by atoms with Crippen LogP contribution in [0.5, 0.6) is 0 Å². The first-order valence-corrected chi connectivity index (χ1v) is 18.3. The van der Waals surface area contributed by atoms with Crippen LogP contribution in [0.25, 0.3) is 6.08 Å². The minimum atomic E-state index is -0.0446. The summed E-state index contributed by atoms with van der Waals surface area (Å²) in [6.07, 6.45) is 7.59. The zero-order valence-electron chi connectivity index (χ0n) is 28.6. The molecule has 2 saturated heterocycles. The molecule has 1 aliphatic carbocycles. The lowest BCUT2D eigenvalue weighted by atomic mass is 9.92. The summed E-state index contributed by atoms with van der Waals surface area (Å²) in [6.45, 7) is 15.1. The predicted octanol–water partition coefficient (Wildman–Crippen LogP) is 7.29. The summed E-state index contributed by atoms with van der Waals surface area (Å²) in [5.74, 6) is 0.0874. The first-order valence-electron chi connectivity index (χ1n) is 17.4. The summed E-state index contributed by atoms with van der Waals surface area (Å²) >= 11 is 1.76. The van der Waals surface area contributed by atoms with Crippen molar-refractivity contribution in [3.8, 4) is 0 Å². The highest BCUT2D eigenvalue weighted by atomic mass is 32.2. The normalized spacial score (nSPS) is 21.2. The number of rotatable bonds is 9. The van der Waals surface area contributed by atoms with Crippen molar-refractivity contribution in [3.63, 3.8) is 0 Å². The van der Waals surface area contributed by atoms with Gasteiger partial charge in [-0.2, -0.15) is 0 Å². The fourth-order valence-corrected chi connectivity index (χ4v) is 8.75. The van der Waals surface area contributed by atoms with Crippen LogP contribution in [0.15, 0.2) is 65.6 Å². The molecule has 2 heterocycles. The molecule has 0 aromatic heterocycles. The molecule has 1 N–H and O–H groups in total. The molecule has 47 heavy (non-hydrogen) atoms. The molecular formula is C40H50N4O2S. The number of anilines is 1. The number of carbonyl (C=O) groups is 2. The SMILES string of the molecule is Cc1ccc(C)c(CN2C(=O)/C(=C/c3ccc(C(=O)NCCCN4CCN(c5cc(C)ccc5C)CC4)cc3)SC3CCCCC32)c1. The molecule has 3 aromatic rings. The largest absolute Gasteiger partial charge is 0.369 e. The zero-order chi connectivity index (χ0) is 32.9. The third kappa shape index (κ3) is 8.13. The molecule has 2 aliphatic heterocycles. The van der Waals surface area contributed by atoms with Crippen LogP contribution in [-0.4, -0.2) is 72.2 Å². The standard InChI is InChI=1S/C40H50N4O2S/c1-28-10-12-30(3)34(24-28)27-44-35-8-5-6-9-37(35)47-38(40(44)46)26-32-14-16-33(17-15-32)39(45)41-18-7-19-42-20-22-43(23-21-42)36-25-29(2)11-13-31(36)4/h10-17,24-26,35,37H,5-9,18-23,27H2,1-4H3,(H,41,45)/b38-26-. The second-order valence-electron chi connectivity index (χ2n) is 13.7. The van der Waals surface area contributed by atoms with E-state index in [2.05, 4.69) is 84.1 Å². The van der Waals surface area contributed by atoms with Gasteiger partial charge in [-0.25, -0.2) is 0 Å². The molecule has 2 unspecified atom stereocenters. The quantitative estimate of drug-likeness (QED) is 0.195. The average molecular weight is 651 g/mol. The highest BCUT2D eigenvalue weighted by Crippen LogP contribution is 2.43. The van der Waals surface area contributed by atoms with Crippen molar-refractivity contribution in [1.82, 2.24) is 15.1 Å². The molecule has 1 saturated carbocycles. The Morgan fingerprint density at radius 1 is 0.872 bits per heavy atom. The molecule has 0 spiro atoms. The first kappa shape index (κ1) is 33.4. The number of fused-ring (bicyclic) bond motifs is 1. The van der Waals surface area contributed by atoms with E-state index in [-0.39, 0.29) is 17.9 Å². The van der Waals surface area contributed by atoms with Gasteiger partial charge < -0.3 is 15.1 Å². The van der Waals surface area contributed by atoms with Gasteiger partial charge in [0.1, 0.15) is 0 Å². The van der Waals surface area contributed by atoms with Gasteiger partial charge in [0.25, 0.3) is 11.8 Å². The highest BCUT2D eigenvalue weighted by molar-refractivity contribution is 8.04. The zero-order valence-corrected chi connectivity index (χ0v) is 29.4. The third-order valence-electron chi connectivity index (χ3n) is 10.1. The predicted molar refractivity (Wildman–Crippen MR) is 196 cm³/mol. The molecule has 7 heteroatoms. The van der Waals surface area contributed by atoms with Crippen molar-refractivity contribution in [1.29, 1.82) is 0 Å². The summed E-state index contributed by atoms with van der Waals surface area (Å²) < 4.78 is 0. The molecule has 3 aromatic carbocycles. The highest BCUT2D eigenvalue weighted by Gasteiger charge is 2.40. The number of carbonyl (C=O) groups excluding carboxylic acids is 2. The molecule has 2 amide bonds. The lowest BCUT2D eigenvalue weighted by Gasteiger charge is -2.44. The molecule has 3 aliphatic rings. The van der Waals surface area contributed by atoms with Crippen molar-refractivity contribution >= 4 is 35.3 Å². The molecule has 2 atom stereocenters. The third-order valence-corrected chi connectivity index (χ3v) is 11.5. The van der Waals surface area contributed by atoms with Gasteiger partial charge in [-0.05, 0) is 106 Å². The minimum absolute atomic E-state index is 0.0446. The van der Waals surface area contributed by atoms with Crippen LogP contribution in [-0.2, 0) is 11.3 Å². The molecule has 0 bridgehead atoms. The van der Waals surface area contributed by atoms with Crippen LogP contribution in [0.2, 0.25) is 0 Å². The van der Waals surface area contributed by atoms with E-state index in [0.29, 0.717) is 23.9 Å². The average Bonchev–Trinajstić information content (AvgIpc) is 3.08. The lowest BCUT2D eigenvalue weighted by Crippen LogP contribution is -2.50. The Bertz CT molecular complexity index is 1610. The van der Waals surface area contributed by atoms with Gasteiger partial charge in [-0.3, -0.25) is 14.5 Å². The summed E-state index contributed by atoms with van der Waals surface area (Å²) in [4.78, 5) is 34.8. The molecule has 6 nitrogen and oxygen atoms in total. The molecule has 3 fully saturated rings. The first-order chi connectivity index (χ1) is 22.7. The number of benzene rings is 3. The number of hydrogen-bond acceptors (Lipinski definition) is 5. The second kappa shape index (κ2) is 15.1. The Hall–Kier alpha value is -3.55. The number of nitrogens with one attached hydrogen (secondary N) is 1. The summed E-state index contributed by atoms with van der Waals surface area (Å²) in [5, 5.41) is 3.54. The minimum Gasteiger partial charge on any atom is -0.369 e. The van der Waals surface area contributed by atoms with Crippen LogP contribution in [0.3, 0.4) is 0 Å². The lowest BCUT2D eigenvalue weighted by molar-refractivity contribution is -0.130. The Morgan fingerprint density at radius 3 is 2.34 bits per heavy atom. The van der Waals surface area contributed by atoms with E-state index < -0.39 is 0 Å². The van der Waals surface area contributed by atoms with Gasteiger partial charge in [0.05, 0.1) is 4.91 Å². The monoisotopic (exact) mass is 650 g/mol. The Morgan fingerprint density at radius 2 is 1.57 bits per heavy atom.